The monoisotopic (exact) mass is 96.0 g/mol. The fourth-order valence-electron chi connectivity index (χ4n) is 0.414. The van der Waals surface area contributed by atoms with Gasteiger partial charge in [0.25, 0.3) is 0 Å². The molecule has 1 N–H and O–H groups in total. The highest BCUT2D eigenvalue weighted by molar-refractivity contribution is 5.23. The molecule has 0 aromatic rings. The molecule has 1 heterocycles. The second-order valence-electron chi connectivity index (χ2n) is 1.33. The van der Waals surface area contributed by atoms with E-state index in [4.69, 9.17) is 5.11 Å². The molecule has 0 saturated carbocycles. The summed E-state index contributed by atoms with van der Waals surface area (Å²) in [4.78, 5) is 0. The van der Waals surface area contributed by atoms with Gasteiger partial charge in [-0.25, -0.2) is 0 Å². The highest BCUT2D eigenvalue weighted by atomic mass is 16.3. The first-order chi connectivity index (χ1) is 3.43. The summed E-state index contributed by atoms with van der Waals surface area (Å²) < 4.78 is 0. The van der Waals surface area contributed by atoms with E-state index in [0.717, 1.165) is 5.57 Å². The maximum atomic E-state index is 8.39. The Balaban J connectivity index is 2.52. The highest BCUT2D eigenvalue weighted by Gasteiger charge is 1.92. The van der Waals surface area contributed by atoms with Crippen LogP contribution in [0.15, 0.2) is 24.0 Å². The van der Waals surface area contributed by atoms with Gasteiger partial charge in [0.1, 0.15) is 0 Å². The van der Waals surface area contributed by atoms with Crippen molar-refractivity contribution in [1.82, 2.24) is 5.32 Å². The molecule has 0 saturated heterocycles. The van der Waals surface area contributed by atoms with Gasteiger partial charge < -0.3 is 5.11 Å². The van der Waals surface area contributed by atoms with Crippen LogP contribution < -0.4 is 5.32 Å². The number of nitrogens with zero attached hydrogens (tertiary/aromatic N) is 1. The third-order valence-corrected chi connectivity index (χ3v) is 0.798. The average molecular weight is 96.1 g/mol. The molecule has 0 aliphatic carbocycles. The van der Waals surface area contributed by atoms with Crippen molar-refractivity contribution in [3.63, 3.8) is 0 Å². The van der Waals surface area contributed by atoms with Crippen LogP contribution in [0.25, 0.3) is 0 Å². The van der Waals surface area contributed by atoms with Crippen LogP contribution in [-0.2, 0) is 0 Å². The zero-order valence-corrected chi connectivity index (χ0v) is 3.83. The predicted molar refractivity (Wildman–Crippen MR) is 26.4 cm³/mol. The molecule has 1 aliphatic rings. The molecule has 1 rings (SSSR count). The first-order valence-electron chi connectivity index (χ1n) is 2.10. The van der Waals surface area contributed by atoms with Crippen molar-refractivity contribution in [2.75, 3.05) is 6.61 Å². The molecular weight excluding hydrogens is 90.1 g/mol. The van der Waals surface area contributed by atoms with Crippen molar-refractivity contribution in [2.24, 2.45) is 0 Å². The zero-order chi connectivity index (χ0) is 5.11. The Bertz CT molecular complexity index is 115. The van der Waals surface area contributed by atoms with Gasteiger partial charge in [-0.05, 0) is 11.6 Å². The fourth-order valence-corrected chi connectivity index (χ4v) is 0.414. The Morgan fingerprint density at radius 3 is 2.86 bits per heavy atom. The molecule has 1 aliphatic heterocycles. The maximum Gasteiger partial charge on any atom is 0.0697 e. The standard InChI is InChI=1S/C5H6NO/c7-4-5-1-2-6-3-5/h1-3,7H,4H2. The molecule has 0 aromatic carbocycles. The van der Waals surface area contributed by atoms with E-state index in [1.165, 1.54) is 0 Å². The van der Waals surface area contributed by atoms with E-state index in [-0.39, 0.29) is 6.61 Å². The molecule has 0 spiro atoms. The van der Waals surface area contributed by atoms with Crippen LogP contribution in [0.1, 0.15) is 0 Å². The number of aliphatic hydroxyl groups is 1. The van der Waals surface area contributed by atoms with E-state index < -0.39 is 0 Å². The Morgan fingerprint density at radius 1 is 1.71 bits per heavy atom. The average Bonchev–Trinajstić information content (AvgIpc) is 2.14. The lowest BCUT2D eigenvalue weighted by Gasteiger charge is -1.82. The van der Waals surface area contributed by atoms with E-state index in [1.54, 1.807) is 18.5 Å². The van der Waals surface area contributed by atoms with Crippen LogP contribution >= 0.6 is 0 Å². The lowest BCUT2D eigenvalue weighted by atomic mass is 10.3. The van der Waals surface area contributed by atoms with Crippen molar-refractivity contribution in [3.8, 4) is 0 Å². The Kier molecular flexibility index (Phi) is 1.13. The molecular formula is C5H6NO. The number of hydrogen-bond acceptors (Lipinski definition) is 1. The van der Waals surface area contributed by atoms with Crippen LogP contribution in [0, 0.1) is 0 Å². The lowest BCUT2D eigenvalue weighted by molar-refractivity contribution is 0.335. The molecule has 0 fully saturated rings. The van der Waals surface area contributed by atoms with Crippen molar-refractivity contribution >= 4 is 0 Å². The molecule has 37 valence electrons. The van der Waals surface area contributed by atoms with Gasteiger partial charge in [-0.15, -0.1) is 0 Å². The molecule has 0 unspecified atom stereocenters. The fraction of sp³-hybridized carbons (Fsp3) is 0.200. The van der Waals surface area contributed by atoms with Gasteiger partial charge in [-0.3, -0.25) is 5.32 Å². The summed E-state index contributed by atoms with van der Waals surface area (Å²) >= 11 is 0. The molecule has 0 amide bonds. The van der Waals surface area contributed by atoms with Crippen molar-refractivity contribution < 1.29 is 5.11 Å². The Labute approximate surface area is 42.2 Å². The first kappa shape index (κ1) is 4.40. The number of rotatable bonds is 1. The quantitative estimate of drug-likeness (QED) is 0.489. The minimum atomic E-state index is 0.0972. The number of hydrogen-bond donors (Lipinski definition) is 1. The largest absolute Gasteiger partial charge is 0.392 e. The summed E-state index contributed by atoms with van der Waals surface area (Å²) in [6.07, 6.45) is 5.07. The third-order valence-electron chi connectivity index (χ3n) is 0.798. The maximum absolute atomic E-state index is 8.39. The molecule has 2 nitrogen and oxygen atoms in total. The van der Waals surface area contributed by atoms with Gasteiger partial charge in [-0.1, -0.05) is 0 Å². The normalized spacial score (nSPS) is 16.4. The first-order valence-corrected chi connectivity index (χ1v) is 2.10. The van der Waals surface area contributed by atoms with E-state index in [2.05, 4.69) is 5.32 Å². The van der Waals surface area contributed by atoms with Crippen LogP contribution in [0.2, 0.25) is 0 Å². The predicted octanol–water partition coefficient (Wildman–Crippen LogP) is -0.00570. The zero-order valence-electron chi connectivity index (χ0n) is 3.83. The summed E-state index contributed by atoms with van der Waals surface area (Å²) in [6, 6.07) is 0. The van der Waals surface area contributed by atoms with Crippen LogP contribution in [0.3, 0.4) is 0 Å². The van der Waals surface area contributed by atoms with Gasteiger partial charge in [0.15, 0.2) is 0 Å². The van der Waals surface area contributed by atoms with E-state index >= 15 is 0 Å². The van der Waals surface area contributed by atoms with Gasteiger partial charge in [0.2, 0.25) is 0 Å². The molecule has 0 bridgehead atoms. The smallest absolute Gasteiger partial charge is 0.0697 e. The minimum Gasteiger partial charge on any atom is -0.392 e. The lowest BCUT2D eigenvalue weighted by Crippen LogP contribution is -1.82. The van der Waals surface area contributed by atoms with E-state index in [1.807, 2.05) is 0 Å². The summed E-state index contributed by atoms with van der Waals surface area (Å²) in [7, 11) is 0. The SMILES string of the molecule is OCC1=C[N]C=C1. The van der Waals surface area contributed by atoms with Crippen LogP contribution in [0.4, 0.5) is 0 Å². The minimum absolute atomic E-state index is 0.0972. The third kappa shape index (κ3) is 0.810. The van der Waals surface area contributed by atoms with Crippen LogP contribution in [0.5, 0.6) is 0 Å². The molecule has 2 heteroatoms. The van der Waals surface area contributed by atoms with E-state index in [0.29, 0.717) is 0 Å². The summed E-state index contributed by atoms with van der Waals surface area (Å²) in [5.74, 6) is 0. The summed E-state index contributed by atoms with van der Waals surface area (Å²) in [6.45, 7) is 0.0972. The summed E-state index contributed by atoms with van der Waals surface area (Å²) in [5, 5.41) is 12.1. The molecule has 1 radical (unpaired) electrons. The van der Waals surface area contributed by atoms with Gasteiger partial charge in [0, 0.05) is 12.4 Å². The Morgan fingerprint density at radius 2 is 2.57 bits per heavy atom. The molecule has 0 atom stereocenters. The van der Waals surface area contributed by atoms with Gasteiger partial charge in [0.05, 0.1) is 6.61 Å². The second kappa shape index (κ2) is 1.80. The topological polar surface area (TPSA) is 34.3 Å². The molecule has 7 heavy (non-hydrogen) atoms. The van der Waals surface area contributed by atoms with E-state index in [9.17, 15) is 0 Å². The second-order valence-corrected chi connectivity index (χ2v) is 1.33. The summed E-state index contributed by atoms with van der Waals surface area (Å²) in [5.41, 5.74) is 0.875. The number of aliphatic hydroxyl groups excluding tert-OH is 1. The highest BCUT2D eigenvalue weighted by Crippen LogP contribution is 1.98. The van der Waals surface area contributed by atoms with Crippen molar-refractivity contribution in [1.29, 1.82) is 0 Å². The van der Waals surface area contributed by atoms with Crippen LogP contribution in [-0.4, -0.2) is 11.7 Å². The Hall–Kier alpha value is -0.760. The van der Waals surface area contributed by atoms with Gasteiger partial charge >= 0.3 is 0 Å². The molecule has 0 aromatic heterocycles. The van der Waals surface area contributed by atoms with Gasteiger partial charge in [-0.2, -0.15) is 0 Å². The van der Waals surface area contributed by atoms with Crippen molar-refractivity contribution in [3.05, 3.63) is 24.0 Å². The van der Waals surface area contributed by atoms with Crippen molar-refractivity contribution in [2.45, 2.75) is 0 Å².